The van der Waals surface area contributed by atoms with Crippen molar-refractivity contribution in [2.75, 3.05) is 0 Å². The van der Waals surface area contributed by atoms with E-state index in [1.54, 1.807) is 0 Å². The summed E-state index contributed by atoms with van der Waals surface area (Å²) in [5.74, 6) is 0.882. The summed E-state index contributed by atoms with van der Waals surface area (Å²) in [5.41, 5.74) is 1.71. The molecule has 0 N–H and O–H groups in total. The molecule has 0 radical (unpaired) electrons. The Morgan fingerprint density at radius 3 is 3.05 bits per heavy atom. The third kappa shape index (κ3) is 1.70. The molecule has 4 rings (SSSR count). The van der Waals surface area contributed by atoms with Crippen molar-refractivity contribution in [1.82, 2.24) is 25.0 Å². The van der Waals surface area contributed by atoms with Crippen LogP contribution in [0.5, 0.6) is 0 Å². The summed E-state index contributed by atoms with van der Waals surface area (Å²) >= 11 is 1.54. The number of benzene rings is 1. The highest BCUT2D eigenvalue weighted by Crippen LogP contribution is 2.23. The van der Waals surface area contributed by atoms with Crippen molar-refractivity contribution >= 4 is 27.3 Å². The lowest BCUT2D eigenvalue weighted by molar-refractivity contribution is 0.448. The van der Waals surface area contributed by atoms with Crippen LogP contribution in [-0.2, 0) is 12.8 Å². The summed E-state index contributed by atoms with van der Waals surface area (Å²) in [7, 11) is 0. The highest BCUT2D eigenvalue weighted by molar-refractivity contribution is 7.16. The van der Waals surface area contributed by atoms with Gasteiger partial charge in [0.1, 0.15) is 5.01 Å². The molecule has 3 aromatic heterocycles. The molecule has 0 aliphatic rings. The fourth-order valence-corrected chi connectivity index (χ4v) is 3.05. The van der Waals surface area contributed by atoms with Gasteiger partial charge in [0.05, 0.1) is 5.69 Å². The van der Waals surface area contributed by atoms with Gasteiger partial charge in [-0.05, 0) is 12.1 Å². The van der Waals surface area contributed by atoms with E-state index in [2.05, 4.69) is 20.5 Å². The average molecular weight is 285 g/mol. The number of para-hydroxylation sites is 1. The highest BCUT2D eigenvalue weighted by Gasteiger charge is 2.14. The zero-order valence-corrected chi connectivity index (χ0v) is 11.6. The lowest BCUT2D eigenvalue weighted by Crippen LogP contribution is -1.95. The highest BCUT2D eigenvalue weighted by atomic mass is 32.1. The molecule has 0 saturated carbocycles. The molecule has 0 bridgehead atoms. The van der Waals surface area contributed by atoms with E-state index in [1.165, 1.54) is 11.3 Å². The molecule has 0 atom stereocenters. The third-order valence-corrected chi connectivity index (χ3v) is 4.08. The molecule has 6 nitrogen and oxygen atoms in total. The topological polar surface area (TPSA) is 69.1 Å². The second-order valence-corrected chi connectivity index (χ2v) is 5.50. The summed E-state index contributed by atoms with van der Waals surface area (Å²) in [4.78, 5) is 0.824. The maximum atomic E-state index is 5.31. The third-order valence-electron chi connectivity index (χ3n) is 3.18. The van der Waals surface area contributed by atoms with E-state index < -0.39 is 0 Å². The molecule has 0 aliphatic heterocycles. The molecule has 100 valence electrons. The van der Waals surface area contributed by atoms with E-state index in [0.29, 0.717) is 6.42 Å². The maximum Gasteiger partial charge on any atom is 0.234 e. The average Bonchev–Trinajstić information content (AvgIpc) is 3.14. The second kappa shape index (κ2) is 4.38. The molecule has 3 heterocycles. The molecule has 4 aromatic rings. The predicted octanol–water partition coefficient (Wildman–Crippen LogP) is 2.48. The van der Waals surface area contributed by atoms with Crippen molar-refractivity contribution in [3.63, 3.8) is 0 Å². The first kappa shape index (κ1) is 11.5. The van der Waals surface area contributed by atoms with Gasteiger partial charge in [-0.25, -0.2) is 0 Å². The van der Waals surface area contributed by atoms with Crippen molar-refractivity contribution in [2.45, 2.75) is 19.8 Å². The summed E-state index contributed by atoms with van der Waals surface area (Å²) in [6.45, 7) is 2.04. The maximum absolute atomic E-state index is 5.31. The van der Waals surface area contributed by atoms with Gasteiger partial charge in [-0.3, -0.25) is 0 Å². The Balaban J connectivity index is 1.75. The Bertz CT molecular complexity index is 890. The fraction of sp³-hybridized carbons (Fsp3) is 0.231. The van der Waals surface area contributed by atoms with Gasteiger partial charge in [0, 0.05) is 18.2 Å². The number of aryl methyl sites for hydroxylation is 1. The van der Waals surface area contributed by atoms with Crippen molar-refractivity contribution in [3.05, 3.63) is 40.8 Å². The van der Waals surface area contributed by atoms with Gasteiger partial charge < -0.3 is 4.52 Å². The number of nitrogens with zero attached hydrogens (tertiary/aromatic N) is 5. The summed E-state index contributed by atoms with van der Waals surface area (Å²) < 4.78 is 7.12. The molecule has 0 fully saturated rings. The molecule has 7 heteroatoms. The van der Waals surface area contributed by atoms with Gasteiger partial charge in [-0.1, -0.05) is 35.5 Å². The smallest absolute Gasteiger partial charge is 0.234 e. The van der Waals surface area contributed by atoms with Crippen LogP contribution in [0.4, 0.5) is 0 Å². The first-order valence-corrected chi connectivity index (χ1v) is 7.20. The molecule has 0 saturated heterocycles. The Morgan fingerprint density at radius 2 is 2.15 bits per heavy atom. The predicted molar refractivity (Wildman–Crippen MR) is 74.9 cm³/mol. The minimum absolute atomic E-state index is 0.647. The van der Waals surface area contributed by atoms with Gasteiger partial charge in [0.25, 0.3) is 0 Å². The first-order chi connectivity index (χ1) is 9.85. The van der Waals surface area contributed by atoms with Crippen molar-refractivity contribution in [2.24, 2.45) is 0 Å². The van der Waals surface area contributed by atoms with Crippen LogP contribution in [0.2, 0.25) is 0 Å². The zero-order chi connectivity index (χ0) is 13.5. The van der Waals surface area contributed by atoms with Crippen molar-refractivity contribution in [1.29, 1.82) is 0 Å². The SMILES string of the molecule is CCc1nnc2sc(Cc3noc4ccccc34)nn12. The number of fused-ring (bicyclic) bond motifs is 2. The molecule has 1 aromatic carbocycles. The zero-order valence-electron chi connectivity index (χ0n) is 10.8. The normalized spacial score (nSPS) is 11.7. The number of aromatic nitrogens is 5. The number of hydrogen-bond acceptors (Lipinski definition) is 6. The number of rotatable bonds is 3. The van der Waals surface area contributed by atoms with E-state index in [-0.39, 0.29) is 0 Å². The van der Waals surface area contributed by atoms with Crippen LogP contribution < -0.4 is 0 Å². The van der Waals surface area contributed by atoms with Gasteiger partial charge >= 0.3 is 0 Å². The second-order valence-electron chi connectivity index (χ2n) is 4.46. The van der Waals surface area contributed by atoms with Crippen LogP contribution in [0.15, 0.2) is 28.8 Å². The molecular formula is C13H11N5OS. The first-order valence-electron chi connectivity index (χ1n) is 6.38. The van der Waals surface area contributed by atoms with E-state index in [0.717, 1.165) is 38.9 Å². The summed E-state index contributed by atoms with van der Waals surface area (Å²) in [6.07, 6.45) is 1.46. The monoisotopic (exact) mass is 285 g/mol. The fourth-order valence-electron chi connectivity index (χ4n) is 2.20. The molecular weight excluding hydrogens is 274 g/mol. The van der Waals surface area contributed by atoms with E-state index in [4.69, 9.17) is 4.52 Å². The van der Waals surface area contributed by atoms with Crippen LogP contribution in [0.25, 0.3) is 15.9 Å². The lowest BCUT2D eigenvalue weighted by Gasteiger charge is -1.91. The Labute approximate surface area is 118 Å². The van der Waals surface area contributed by atoms with Crippen LogP contribution >= 0.6 is 11.3 Å². The van der Waals surface area contributed by atoms with Crippen molar-refractivity contribution in [3.8, 4) is 0 Å². The quantitative estimate of drug-likeness (QED) is 0.578. The van der Waals surface area contributed by atoms with Crippen LogP contribution in [0, 0.1) is 0 Å². The van der Waals surface area contributed by atoms with Crippen LogP contribution in [-0.4, -0.2) is 25.0 Å². The Morgan fingerprint density at radius 1 is 1.25 bits per heavy atom. The minimum Gasteiger partial charge on any atom is -0.356 e. The summed E-state index contributed by atoms with van der Waals surface area (Å²) in [6, 6.07) is 7.85. The summed E-state index contributed by atoms with van der Waals surface area (Å²) in [5, 5.41) is 18.9. The van der Waals surface area contributed by atoms with E-state index in [1.807, 2.05) is 35.7 Å². The molecule has 0 aliphatic carbocycles. The van der Waals surface area contributed by atoms with Crippen LogP contribution in [0.1, 0.15) is 23.4 Å². The van der Waals surface area contributed by atoms with E-state index in [9.17, 15) is 0 Å². The molecule has 20 heavy (non-hydrogen) atoms. The number of hydrogen-bond donors (Lipinski definition) is 0. The molecule has 0 amide bonds. The largest absolute Gasteiger partial charge is 0.356 e. The molecule has 0 spiro atoms. The van der Waals surface area contributed by atoms with E-state index >= 15 is 0 Å². The Kier molecular flexibility index (Phi) is 2.53. The van der Waals surface area contributed by atoms with Crippen molar-refractivity contribution < 1.29 is 4.52 Å². The van der Waals surface area contributed by atoms with Gasteiger partial charge in [-0.15, -0.1) is 10.2 Å². The lowest BCUT2D eigenvalue weighted by atomic mass is 10.2. The molecule has 0 unspecified atom stereocenters. The van der Waals surface area contributed by atoms with Gasteiger partial charge in [-0.2, -0.15) is 9.61 Å². The van der Waals surface area contributed by atoms with Gasteiger partial charge in [0.15, 0.2) is 11.4 Å². The minimum atomic E-state index is 0.647. The van der Waals surface area contributed by atoms with Crippen LogP contribution in [0.3, 0.4) is 0 Å². The van der Waals surface area contributed by atoms with Gasteiger partial charge in [0.2, 0.25) is 4.96 Å². The standard InChI is InChI=1S/C13H11N5OS/c1-2-11-14-15-13-18(11)16-12(20-13)7-9-8-5-3-4-6-10(8)19-17-9/h3-6H,2,7H2,1H3. The Hall–Kier alpha value is -2.28.